The Balaban J connectivity index is 1.41. The number of unbranched alkanes of at least 4 members (excludes halogenated alkanes) is 1. The average molecular weight is 351 g/mol. The Morgan fingerprint density at radius 3 is 2.65 bits per heavy atom. The minimum absolute atomic E-state index is 0.288. The summed E-state index contributed by atoms with van der Waals surface area (Å²) in [6, 6.07) is 14.6. The predicted octanol–water partition coefficient (Wildman–Crippen LogP) is 3.84. The van der Waals surface area contributed by atoms with Gasteiger partial charge < -0.3 is 14.5 Å². The van der Waals surface area contributed by atoms with Crippen molar-refractivity contribution in [3.8, 4) is 11.4 Å². The number of piperidine rings is 1. The van der Waals surface area contributed by atoms with E-state index in [1.807, 2.05) is 12.1 Å². The third kappa shape index (κ3) is 3.79. The molecule has 2 heterocycles. The van der Waals surface area contributed by atoms with Crippen LogP contribution in [0.4, 0.5) is 0 Å². The van der Waals surface area contributed by atoms with E-state index in [0.29, 0.717) is 11.7 Å². The second-order valence-corrected chi connectivity index (χ2v) is 7.06. The van der Waals surface area contributed by atoms with Gasteiger partial charge in [-0.25, -0.2) is 0 Å². The van der Waals surface area contributed by atoms with Gasteiger partial charge in [-0.3, -0.25) is 0 Å². The van der Waals surface area contributed by atoms with Gasteiger partial charge in [0.05, 0.1) is 0 Å². The molecular formula is C21H25N3O2. The van der Waals surface area contributed by atoms with E-state index < -0.39 is 0 Å². The standard InChI is InChI=1S/C21H25N3O2/c25-14-4-3-11-24-12-9-17(10-13-24)21-22-20(23-26-21)19-8-7-16-5-1-2-6-18(16)15-19/h1-2,5-8,15,17,25H,3-4,9-14H2. The highest BCUT2D eigenvalue weighted by atomic mass is 16.5. The fraction of sp³-hybridized carbons (Fsp3) is 0.429. The molecule has 5 nitrogen and oxygen atoms in total. The molecule has 0 amide bonds. The van der Waals surface area contributed by atoms with Crippen LogP contribution < -0.4 is 0 Å². The lowest BCUT2D eigenvalue weighted by Gasteiger charge is -2.30. The van der Waals surface area contributed by atoms with E-state index in [0.717, 1.165) is 56.8 Å². The van der Waals surface area contributed by atoms with Gasteiger partial charge in [0, 0.05) is 18.1 Å². The first-order valence-corrected chi connectivity index (χ1v) is 9.49. The molecule has 1 N–H and O–H groups in total. The van der Waals surface area contributed by atoms with Crippen molar-refractivity contribution < 1.29 is 9.63 Å². The number of fused-ring (bicyclic) bond motifs is 1. The van der Waals surface area contributed by atoms with Crippen molar-refractivity contribution in [2.75, 3.05) is 26.2 Å². The summed E-state index contributed by atoms with van der Waals surface area (Å²) in [6.07, 6.45) is 4.06. The number of aliphatic hydroxyl groups is 1. The highest BCUT2D eigenvalue weighted by molar-refractivity contribution is 5.86. The van der Waals surface area contributed by atoms with Crippen LogP contribution in [0, 0.1) is 0 Å². The van der Waals surface area contributed by atoms with Crippen molar-refractivity contribution in [1.82, 2.24) is 15.0 Å². The van der Waals surface area contributed by atoms with Crippen molar-refractivity contribution in [3.05, 3.63) is 48.4 Å². The number of aromatic nitrogens is 2. The predicted molar refractivity (Wildman–Crippen MR) is 102 cm³/mol. The normalized spacial score (nSPS) is 16.3. The maximum atomic E-state index is 8.90. The average Bonchev–Trinajstić information content (AvgIpc) is 3.19. The fourth-order valence-electron chi connectivity index (χ4n) is 3.70. The molecule has 0 atom stereocenters. The Kier molecular flexibility index (Phi) is 5.27. The van der Waals surface area contributed by atoms with Crippen LogP contribution in [-0.4, -0.2) is 46.4 Å². The summed E-state index contributed by atoms with van der Waals surface area (Å²) < 4.78 is 5.59. The second-order valence-electron chi connectivity index (χ2n) is 7.06. The van der Waals surface area contributed by atoms with Crippen molar-refractivity contribution in [2.24, 2.45) is 0 Å². The number of nitrogens with zero attached hydrogens (tertiary/aromatic N) is 3. The Labute approximate surface area is 153 Å². The van der Waals surface area contributed by atoms with Gasteiger partial charge in [0.15, 0.2) is 0 Å². The van der Waals surface area contributed by atoms with Gasteiger partial charge in [0.1, 0.15) is 0 Å². The van der Waals surface area contributed by atoms with Crippen LogP contribution in [0.2, 0.25) is 0 Å². The molecule has 26 heavy (non-hydrogen) atoms. The summed E-state index contributed by atoms with van der Waals surface area (Å²) in [7, 11) is 0. The smallest absolute Gasteiger partial charge is 0.230 e. The Morgan fingerprint density at radius 2 is 1.85 bits per heavy atom. The largest absolute Gasteiger partial charge is 0.396 e. The monoisotopic (exact) mass is 351 g/mol. The number of rotatable bonds is 6. The third-order valence-corrected chi connectivity index (χ3v) is 5.27. The van der Waals surface area contributed by atoms with E-state index in [4.69, 9.17) is 9.63 Å². The van der Waals surface area contributed by atoms with E-state index in [-0.39, 0.29) is 6.61 Å². The first kappa shape index (κ1) is 17.2. The van der Waals surface area contributed by atoms with Gasteiger partial charge in [-0.1, -0.05) is 41.6 Å². The number of hydrogen-bond donors (Lipinski definition) is 1. The van der Waals surface area contributed by atoms with Crippen molar-refractivity contribution in [2.45, 2.75) is 31.6 Å². The molecule has 4 rings (SSSR count). The topological polar surface area (TPSA) is 62.4 Å². The second kappa shape index (κ2) is 7.98. The molecule has 0 radical (unpaired) electrons. The fourth-order valence-corrected chi connectivity index (χ4v) is 3.70. The van der Waals surface area contributed by atoms with Crippen LogP contribution in [0.15, 0.2) is 47.0 Å². The zero-order valence-electron chi connectivity index (χ0n) is 15.0. The molecule has 5 heteroatoms. The number of likely N-dealkylation sites (tertiary alicyclic amines) is 1. The van der Waals surface area contributed by atoms with Gasteiger partial charge in [-0.15, -0.1) is 0 Å². The van der Waals surface area contributed by atoms with Gasteiger partial charge >= 0.3 is 0 Å². The third-order valence-electron chi connectivity index (χ3n) is 5.27. The number of aliphatic hydroxyl groups excluding tert-OH is 1. The molecule has 0 aliphatic carbocycles. The molecule has 0 bridgehead atoms. The van der Waals surface area contributed by atoms with Gasteiger partial charge in [0.2, 0.25) is 11.7 Å². The molecule has 1 saturated heterocycles. The summed E-state index contributed by atoms with van der Waals surface area (Å²) >= 11 is 0. The lowest BCUT2D eigenvalue weighted by molar-refractivity contribution is 0.185. The summed E-state index contributed by atoms with van der Waals surface area (Å²) in [6.45, 7) is 3.48. The molecule has 0 unspecified atom stereocenters. The van der Waals surface area contributed by atoms with Crippen LogP contribution in [-0.2, 0) is 0 Å². The van der Waals surface area contributed by atoms with E-state index in [1.54, 1.807) is 0 Å². The molecule has 2 aromatic carbocycles. The summed E-state index contributed by atoms with van der Waals surface area (Å²) in [5.74, 6) is 1.80. The SMILES string of the molecule is OCCCCN1CCC(c2nc(-c3ccc4ccccc4c3)no2)CC1. The van der Waals surface area contributed by atoms with Crippen molar-refractivity contribution >= 4 is 10.8 Å². The molecule has 0 spiro atoms. The summed E-state index contributed by atoms with van der Waals surface area (Å²) in [5.41, 5.74) is 1.00. The molecule has 1 fully saturated rings. The highest BCUT2D eigenvalue weighted by Gasteiger charge is 2.25. The Hall–Kier alpha value is -2.24. The van der Waals surface area contributed by atoms with Crippen LogP contribution >= 0.6 is 0 Å². The Morgan fingerprint density at radius 1 is 1.04 bits per heavy atom. The molecule has 0 saturated carbocycles. The highest BCUT2D eigenvalue weighted by Crippen LogP contribution is 2.29. The molecule has 1 aromatic heterocycles. The zero-order valence-corrected chi connectivity index (χ0v) is 15.0. The van der Waals surface area contributed by atoms with Crippen molar-refractivity contribution in [3.63, 3.8) is 0 Å². The van der Waals surface area contributed by atoms with Crippen LogP contribution in [0.5, 0.6) is 0 Å². The minimum atomic E-state index is 0.288. The van der Waals surface area contributed by atoms with Crippen LogP contribution in [0.3, 0.4) is 0 Å². The lowest BCUT2D eigenvalue weighted by atomic mass is 9.96. The van der Waals surface area contributed by atoms with Gasteiger partial charge in [-0.2, -0.15) is 4.98 Å². The van der Waals surface area contributed by atoms with E-state index >= 15 is 0 Å². The van der Waals surface area contributed by atoms with Crippen LogP contribution in [0.25, 0.3) is 22.2 Å². The molecule has 1 aliphatic rings. The van der Waals surface area contributed by atoms with E-state index in [1.165, 1.54) is 10.8 Å². The number of hydrogen-bond acceptors (Lipinski definition) is 5. The summed E-state index contributed by atoms with van der Waals surface area (Å²) in [5, 5.41) is 15.5. The lowest BCUT2D eigenvalue weighted by Crippen LogP contribution is -2.33. The van der Waals surface area contributed by atoms with Gasteiger partial charge in [-0.05, 0) is 62.2 Å². The zero-order chi connectivity index (χ0) is 17.8. The van der Waals surface area contributed by atoms with Crippen molar-refractivity contribution in [1.29, 1.82) is 0 Å². The first-order valence-electron chi connectivity index (χ1n) is 9.49. The molecule has 136 valence electrons. The first-order chi connectivity index (χ1) is 12.8. The van der Waals surface area contributed by atoms with Gasteiger partial charge in [0.25, 0.3) is 0 Å². The number of benzene rings is 2. The summed E-state index contributed by atoms with van der Waals surface area (Å²) in [4.78, 5) is 7.15. The molecule has 1 aliphatic heterocycles. The molecular weight excluding hydrogens is 326 g/mol. The molecule has 3 aromatic rings. The maximum absolute atomic E-state index is 8.90. The van der Waals surface area contributed by atoms with Crippen LogP contribution in [0.1, 0.15) is 37.5 Å². The minimum Gasteiger partial charge on any atom is -0.396 e. The van der Waals surface area contributed by atoms with E-state index in [9.17, 15) is 0 Å². The Bertz CT molecular complexity index is 853. The van der Waals surface area contributed by atoms with E-state index in [2.05, 4.69) is 45.4 Å². The maximum Gasteiger partial charge on any atom is 0.230 e. The quantitative estimate of drug-likeness (QED) is 0.684.